The fraction of sp³-hybridized carbons (Fsp3) is 0.214. The highest BCUT2D eigenvalue weighted by atomic mass is 32.2. The minimum Gasteiger partial charge on any atom is -0.477 e. The molecule has 1 atom stereocenters. The van der Waals surface area contributed by atoms with Gasteiger partial charge in [-0.1, -0.05) is 18.2 Å². The van der Waals surface area contributed by atoms with Crippen molar-refractivity contribution in [1.29, 1.82) is 0 Å². The van der Waals surface area contributed by atoms with Crippen LogP contribution < -0.4 is 0 Å². The third-order valence-electron chi connectivity index (χ3n) is 3.04. The summed E-state index contributed by atoms with van der Waals surface area (Å²) >= 11 is 4.97. The summed E-state index contributed by atoms with van der Waals surface area (Å²) in [4.78, 5) is 13.7. The summed E-state index contributed by atoms with van der Waals surface area (Å²) in [6.45, 7) is 0. The molecule has 19 heavy (non-hydrogen) atoms. The van der Waals surface area contributed by atoms with Gasteiger partial charge < -0.3 is 5.11 Å². The molecule has 1 aliphatic rings. The molecule has 5 heteroatoms. The Balaban J connectivity index is 1.65. The Bertz CT molecular complexity index is 606. The Morgan fingerprint density at radius 1 is 1.42 bits per heavy atom. The third kappa shape index (κ3) is 2.83. The van der Waals surface area contributed by atoms with Gasteiger partial charge in [0, 0.05) is 32.6 Å². The summed E-state index contributed by atoms with van der Waals surface area (Å²) in [6.07, 6.45) is 0. The molecule has 1 unspecified atom stereocenters. The van der Waals surface area contributed by atoms with Gasteiger partial charge in [0.2, 0.25) is 0 Å². The smallest absolute Gasteiger partial charge is 0.345 e. The van der Waals surface area contributed by atoms with E-state index in [-0.39, 0.29) is 0 Å². The molecule has 1 N–H and O–H groups in total. The molecule has 1 aromatic heterocycles. The second-order valence-corrected chi connectivity index (χ2v) is 7.38. The van der Waals surface area contributed by atoms with Crippen LogP contribution in [-0.2, 0) is 0 Å². The molecular formula is C14H12O2S3. The van der Waals surface area contributed by atoms with Crippen molar-refractivity contribution >= 4 is 40.8 Å². The largest absolute Gasteiger partial charge is 0.477 e. The number of hydrogen-bond acceptors (Lipinski definition) is 4. The third-order valence-corrected chi connectivity index (χ3v) is 6.49. The Kier molecular flexibility index (Phi) is 3.86. The fourth-order valence-electron chi connectivity index (χ4n) is 2.07. The average molecular weight is 308 g/mol. The first kappa shape index (κ1) is 13.1. The molecule has 2 nitrogen and oxygen atoms in total. The van der Waals surface area contributed by atoms with E-state index in [1.165, 1.54) is 21.8 Å². The Morgan fingerprint density at radius 3 is 3.05 bits per heavy atom. The van der Waals surface area contributed by atoms with Crippen LogP contribution in [0.15, 0.2) is 45.5 Å². The lowest BCUT2D eigenvalue weighted by molar-refractivity contribution is 0.0702. The monoisotopic (exact) mass is 308 g/mol. The molecule has 2 heterocycles. The number of fused-ring (bicyclic) bond motifs is 1. The molecular weight excluding hydrogens is 296 g/mol. The molecule has 0 aliphatic carbocycles. The first-order valence-electron chi connectivity index (χ1n) is 5.90. The first-order chi connectivity index (χ1) is 9.24. The lowest BCUT2D eigenvalue weighted by Gasteiger charge is -2.09. The highest BCUT2D eigenvalue weighted by molar-refractivity contribution is 8.00. The molecule has 0 amide bonds. The maximum Gasteiger partial charge on any atom is 0.345 e. The number of carbonyl (C=O) groups is 1. The predicted octanol–water partition coefficient (Wildman–Crippen LogP) is 4.43. The van der Waals surface area contributed by atoms with Gasteiger partial charge in [-0.15, -0.1) is 34.9 Å². The van der Waals surface area contributed by atoms with E-state index in [4.69, 9.17) is 5.11 Å². The molecule has 2 aromatic rings. The van der Waals surface area contributed by atoms with Gasteiger partial charge in [0.1, 0.15) is 4.88 Å². The summed E-state index contributed by atoms with van der Waals surface area (Å²) in [5.41, 5.74) is 1.44. The zero-order valence-electron chi connectivity index (χ0n) is 10.0. The van der Waals surface area contributed by atoms with Gasteiger partial charge in [-0.3, -0.25) is 0 Å². The summed E-state index contributed by atoms with van der Waals surface area (Å²) in [7, 11) is 0. The minimum absolute atomic E-state index is 0.420. The molecule has 0 bridgehead atoms. The summed E-state index contributed by atoms with van der Waals surface area (Å²) < 4.78 is 0. The van der Waals surface area contributed by atoms with E-state index in [1.54, 1.807) is 17.8 Å². The average Bonchev–Trinajstić information content (AvgIpc) is 3.03. The second kappa shape index (κ2) is 5.61. The Hall–Kier alpha value is -0.910. The molecule has 0 fully saturated rings. The maximum atomic E-state index is 10.8. The highest BCUT2D eigenvalue weighted by Crippen LogP contribution is 2.42. The lowest BCUT2D eigenvalue weighted by atomic mass is 10.0. The van der Waals surface area contributed by atoms with Crippen molar-refractivity contribution in [2.24, 2.45) is 0 Å². The number of rotatable bonds is 4. The summed E-state index contributed by atoms with van der Waals surface area (Å²) in [5.74, 6) is 1.88. The van der Waals surface area contributed by atoms with Crippen molar-refractivity contribution in [2.75, 3.05) is 11.5 Å². The topological polar surface area (TPSA) is 37.3 Å². The number of hydrogen-bond donors (Lipinski definition) is 1. The molecule has 3 rings (SSSR count). The van der Waals surface area contributed by atoms with Crippen molar-refractivity contribution in [3.05, 3.63) is 46.2 Å². The summed E-state index contributed by atoms with van der Waals surface area (Å²) in [6, 6.07) is 10.3. The van der Waals surface area contributed by atoms with E-state index in [9.17, 15) is 4.79 Å². The van der Waals surface area contributed by atoms with Crippen LogP contribution in [0.5, 0.6) is 0 Å². The normalized spacial score (nSPS) is 17.4. The quantitative estimate of drug-likeness (QED) is 0.848. The first-order valence-corrected chi connectivity index (χ1v) is 8.75. The van der Waals surface area contributed by atoms with Gasteiger partial charge in [0.05, 0.1) is 0 Å². The predicted molar refractivity (Wildman–Crippen MR) is 81.9 cm³/mol. The fourth-order valence-corrected chi connectivity index (χ4v) is 5.46. The Labute approximate surface area is 124 Å². The second-order valence-electron chi connectivity index (χ2n) is 4.31. The van der Waals surface area contributed by atoms with Crippen molar-refractivity contribution in [3.8, 4) is 0 Å². The molecule has 1 aliphatic heterocycles. The zero-order chi connectivity index (χ0) is 13.2. The van der Waals surface area contributed by atoms with Crippen LogP contribution in [-0.4, -0.2) is 22.6 Å². The van der Waals surface area contributed by atoms with E-state index >= 15 is 0 Å². The van der Waals surface area contributed by atoms with E-state index in [1.807, 2.05) is 17.1 Å². The van der Waals surface area contributed by atoms with Crippen LogP contribution in [0, 0.1) is 0 Å². The number of thioether (sulfide) groups is 2. The van der Waals surface area contributed by atoms with Crippen LogP contribution in [0.3, 0.4) is 0 Å². The van der Waals surface area contributed by atoms with Crippen LogP contribution in [0.4, 0.5) is 0 Å². The van der Waals surface area contributed by atoms with Gasteiger partial charge in [-0.05, 0) is 17.7 Å². The zero-order valence-corrected chi connectivity index (χ0v) is 12.5. The molecule has 98 valence electrons. The lowest BCUT2D eigenvalue weighted by Crippen LogP contribution is -1.99. The molecule has 0 radical (unpaired) electrons. The number of aromatic carboxylic acids is 1. The van der Waals surface area contributed by atoms with E-state index in [0.717, 1.165) is 16.4 Å². The number of benzene rings is 1. The molecule has 1 aromatic carbocycles. The minimum atomic E-state index is -0.835. The van der Waals surface area contributed by atoms with Crippen LogP contribution in [0.2, 0.25) is 0 Å². The molecule has 0 spiro atoms. The number of carboxylic acid groups (broad SMARTS) is 1. The highest BCUT2D eigenvalue weighted by Gasteiger charge is 2.22. The standard InChI is InChI=1S/C14H12O2S3/c15-14(16)13-5-10(8-19-13)17-6-9-7-18-12-4-2-1-3-11(9)12/h1-5,8-9H,6-7H2,(H,15,16). The van der Waals surface area contributed by atoms with Crippen molar-refractivity contribution in [2.45, 2.75) is 15.7 Å². The number of carboxylic acids is 1. The van der Waals surface area contributed by atoms with E-state index in [0.29, 0.717) is 10.8 Å². The van der Waals surface area contributed by atoms with Gasteiger partial charge in [0.25, 0.3) is 0 Å². The van der Waals surface area contributed by atoms with Crippen LogP contribution in [0.25, 0.3) is 0 Å². The van der Waals surface area contributed by atoms with Gasteiger partial charge >= 0.3 is 5.97 Å². The van der Waals surface area contributed by atoms with Crippen molar-refractivity contribution in [1.82, 2.24) is 0 Å². The van der Waals surface area contributed by atoms with Gasteiger partial charge in [0.15, 0.2) is 0 Å². The van der Waals surface area contributed by atoms with Crippen molar-refractivity contribution in [3.63, 3.8) is 0 Å². The number of thiophene rings is 1. The van der Waals surface area contributed by atoms with E-state index in [2.05, 4.69) is 24.3 Å². The van der Waals surface area contributed by atoms with Gasteiger partial charge in [-0.2, -0.15) is 0 Å². The van der Waals surface area contributed by atoms with Gasteiger partial charge in [-0.25, -0.2) is 4.79 Å². The van der Waals surface area contributed by atoms with Crippen LogP contribution >= 0.6 is 34.9 Å². The van der Waals surface area contributed by atoms with E-state index < -0.39 is 5.97 Å². The Morgan fingerprint density at radius 2 is 2.26 bits per heavy atom. The summed E-state index contributed by atoms with van der Waals surface area (Å²) in [5, 5.41) is 10.8. The molecule has 0 saturated carbocycles. The van der Waals surface area contributed by atoms with Crippen molar-refractivity contribution < 1.29 is 9.90 Å². The van der Waals surface area contributed by atoms with Crippen LogP contribution in [0.1, 0.15) is 21.2 Å². The SMILES string of the molecule is O=C(O)c1cc(SCC2CSc3ccccc32)cs1. The molecule has 0 saturated heterocycles. The maximum absolute atomic E-state index is 10.8.